The van der Waals surface area contributed by atoms with Crippen LogP contribution in [0.15, 0.2) is 71.8 Å². The van der Waals surface area contributed by atoms with Gasteiger partial charge in [0.2, 0.25) is 6.23 Å². The molecule has 0 fully saturated rings. The quantitative estimate of drug-likeness (QED) is 0.551. The minimum absolute atomic E-state index is 0.0709. The summed E-state index contributed by atoms with van der Waals surface area (Å²) in [5.41, 5.74) is 4.06. The van der Waals surface area contributed by atoms with Gasteiger partial charge in [-0.3, -0.25) is 0 Å². The zero-order valence-corrected chi connectivity index (χ0v) is 17.5. The molecule has 3 aromatic rings. The van der Waals surface area contributed by atoms with Gasteiger partial charge in [-0.05, 0) is 35.9 Å². The summed E-state index contributed by atoms with van der Waals surface area (Å²) in [5.74, 6) is 2.18. The molecule has 3 aromatic carbocycles. The lowest BCUT2D eigenvalue weighted by molar-refractivity contribution is -0.0205. The first-order chi connectivity index (χ1) is 14.7. The summed E-state index contributed by atoms with van der Waals surface area (Å²) in [5, 5.41) is 7.73. The average molecular weight is 421 g/mol. The molecule has 152 valence electrons. The van der Waals surface area contributed by atoms with Gasteiger partial charge in [-0.2, -0.15) is 5.10 Å². The normalized spacial score (nSPS) is 19.4. The molecule has 0 aliphatic carbocycles. The highest BCUT2D eigenvalue weighted by Crippen LogP contribution is 2.49. The second-order valence-electron chi connectivity index (χ2n) is 7.24. The van der Waals surface area contributed by atoms with Crippen LogP contribution in [0, 0.1) is 0 Å². The Bertz CT molecular complexity index is 1110. The number of hydrazone groups is 1. The molecule has 0 N–H and O–H groups in total. The van der Waals surface area contributed by atoms with Crippen molar-refractivity contribution in [3.05, 3.63) is 88.4 Å². The third-order valence-corrected chi connectivity index (χ3v) is 5.83. The van der Waals surface area contributed by atoms with E-state index in [1.165, 1.54) is 0 Å². The molecular weight excluding hydrogens is 400 g/mol. The van der Waals surface area contributed by atoms with Gasteiger partial charge in [-0.15, -0.1) is 0 Å². The fraction of sp³-hybridized carbons (Fsp3) is 0.208. The Morgan fingerprint density at radius 2 is 1.70 bits per heavy atom. The van der Waals surface area contributed by atoms with Gasteiger partial charge in [0.25, 0.3) is 0 Å². The molecule has 0 aromatic heterocycles. The third kappa shape index (κ3) is 3.06. The highest BCUT2D eigenvalue weighted by molar-refractivity contribution is 6.30. The molecule has 5 nitrogen and oxygen atoms in total. The van der Waals surface area contributed by atoms with Gasteiger partial charge in [0.05, 0.1) is 31.5 Å². The minimum Gasteiger partial charge on any atom is -0.493 e. The largest absolute Gasteiger partial charge is 0.493 e. The molecule has 0 spiro atoms. The van der Waals surface area contributed by atoms with Crippen molar-refractivity contribution in [2.24, 2.45) is 5.10 Å². The molecule has 0 saturated heterocycles. The molecule has 0 radical (unpaired) electrons. The van der Waals surface area contributed by atoms with Crippen molar-refractivity contribution < 1.29 is 14.2 Å². The van der Waals surface area contributed by atoms with E-state index in [0.29, 0.717) is 16.5 Å². The summed E-state index contributed by atoms with van der Waals surface area (Å²) in [6, 6.07) is 21.8. The Hall–Kier alpha value is -3.18. The van der Waals surface area contributed by atoms with Crippen molar-refractivity contribution in [2.45, 2.75) is 18.7 Å². The molecule has 0 unspecified atom stereocenters. The van der Waals surface area contributed by atoms with E-state index in [-0.39, 0.29) is 6.04 Å². The highest BCUT2D eigenvalue weighted by atomic mass is 35.5. The van der Waals surface area contributed by atoms with E-state index in [1.807, 2.05) is 65.7 Å². The summed E-state index contributed by atoms with van der Waals surface area (Å²) in [6.07, 6.45) is 0.352. The maximum atomic E-state index is 6.44. The summed E-state index contributed by atoms with van der Waals surface area (Å²) < 4.78 is 17.6. The van der Waals surface area contributed by atoms with Crippen molar-refractivity contribution in [3.8, 4) is 17.2 Å². The molecule has 0 bridgehead atoms. The zero-order chi connectivity index (χ0) is 20.7. The molecule has 2 heterocycles. The topological polar surface area (TPSA) is 43.3 Å². The van der Waals surface area contributed by atoms with E-state index in [2.05, 4.69) is 6.07 Å². The van der Waals surface area contributed by atoms with Gasteiger partial charge in [0.15, 0.2) is 11.5 Å². The van der Waals surface area contributed by atoms with Crippen LogP contribution < -0.4 is 14.2 Å². The molecule has 2 aliphatic heterocycles. The van der Waals surface area contributed by atoms with Crippen LogP contribution in [0.25, 0.3) is 0 Å². The fourth-order valence-electron chi connectivity index (χ4n) is 4.16. The molecule has 2 aliphatic rings. The molecular formula is C24H21ClN2O3. The lowest BCUT2D eigenvalue weighted by Crippen LogP contribution is -2.34. The van der Waals surface area contributed by atoms with E-state index in [9.17, 15) is 0 Å². The van der Waals surface area contributed by atoms with E-state index < -0.39 is 6.23 Å². The van der Waals surface area contributed by atoms with Crippen LogP contribution in [0.1, 0.15) is 35.4 Å². The summed E-state index contributed by atoms with van der Waals surface area (Å²) in [7, 11) is 3.27. The van der Waals surface area contributed by atoms with Crippen LogP contribution in [-0.2, 0) is 0 Å². The average Bonchev–Trinajstić information content (AvgIpc) is 3.24. The SMILES string of the molecule is COc1cccc([C@H]2Oc3ccccc3[C@@H]3CC(c4ccc(Cl)cc4)=NN23)c1OC. The predicted molar refractivity (Wildman–Crippen MR) is 117 cm³/mol. The Labute approximate surface area is 180 Å². The first-order valence-electron chi connectivity index (χ1n) is 9.78. The Balaban J connectivity index is 1.62. The maximum absolute atomic E-state index is 6.44. The number of fused-ring (bicyclic) bond motifs is 3. The number of hydrogen-bond donors (Lipinski definition) is 0. The van der Waals surface area contributed by atoms with Gasteiger partial charge in [-0.1, -0.05) is 48.0 Å². The summed E-state index contributed by atoms with van der Waals surface area (Å²) in [6.45, 7) is 0. The minimum atomic E-state index is -0.431. The van der Waals surface area contributed by atoms with Gasteiger partial charge < -0.3 is 14.2 Å². The van der Waals surface area contributed by atoms with E-state index in [1.54, 1.807) is 14.2 Å². The summed E-state index contributed by atoms with van der Waals surface area (Å²) in [4.78, 5) is 0. The molecule has 2 atom stereocenters. The third-order valence-electron chi connectivity index (χ3n) is 5.58. The number of nitrogens with zero attached hydrogens (tertiary/aromatic N) is 2. The Morgan fingerprint density at radius 3 is 2.47 bits per heavy atom. The summed E-state index contributed by atoms with van der Waals surface area (Å²) >= 11 is 6.08. The van der Waals surface area contributed by atoms with Crippen molar-refractivity contribution in [1.29, 1.82) is 0 Å². The maximum Gasteiger partial charge on any atom is 0.217 e. The fourth-order valence-corrected chi connectivity index (χ4v) is 4.29. The first-order valence-corrected chi connectivity index (χ1v) is 10.2. The number of hydrogen-bond acceptors (Lipinski definition) is 5. The lowest BCUT2D eigenvalue weighted by atomic mass is 9.96. The van der Waals surface area contributed by atoms with Crippen LogP contribution in [0.2, 0.25) is 5.02 Å². The number of ether oxygens (including phenoxy) is 3. The van der Waals surface area contributed by atoms with Crippen LogP contribution in [-0.4, -0.2) is 24.9 Å². The highest BCUT2D eigenvalue weighted by Gasteiger charge is 2.42. The van der Waals surface area contributed by atoms with Crippen LogP contribution in [0.4, 0.5) is 0 Å². The van der Waals surface area contributed by atoms with Crippen molar-refractivity contribution in [1.82, 2.24) is 5.01 Å². The van der Waals surface area contributed by atoms with Crippen molar-refractivity contribution >= 4 is 17.3 Å². The van der Waals surface area contributed by atoms with Gasteiger partial charge in [0.1, 0.15) is 5.75 Å². The lowest BCUT2D eigenvalue weighted by Gasteiger charge is -2.38. The second-order valence-corrected chi connectivity index (χ2v) is 7.68. The molecule has 6 heteroatoms. The van der Waals surface area contributed by atoms with Crippen molar-refractivity contribution in [3.63, 3.8) is 0 Å². The number of halogens is 1. The van der Waals surface area contributed by atoms with E-state index >= 15 is 0 Å². The molecule has 30 heavy (non-hydrogen) atoms. The molecule has 0 saturated carbocycles. The Morgan fingerprint density at radius 1 is 0.933 bits per heavy atom. The van der Waals surface area contributed by atoms with Crippen molar-refractivity contribution in [2.75, 3.05) is 14.2 Å². The number of rotatable bonds is 4. The van der Waals surface area contributed by atoms with Gasteiger partial charge in [0, 0.05) is 17.0 Å². The van der Waals surface area contributed by atoms with Crippen LogP contribution in [0.3, 0.4) is 0 Å². The first kappa shape index (κ1) is 18.8. The molecule has 0 amide bonds. The van der Waals surface area contributed by atoms with E-state index in [4.69, 9.17) is 30.9 Å². The predicted octanol–water partition coefficient (Wildman–Crippen LogP) is 5.60. The van der Waals surface area contributed by atoms with Crippen LogP contribution >= 0.6 is 11.6 Å². The second kappa shape index (κ2) is 7.58. The monoisotopic (exact) mass is 420 g/mol. The standard InChI is InChI=1S/C24H21ClN2O3/c1-28-22-9-5-7-18(23(22)29-2)24-27-20(17-6-3-4-8-21(17)30-24)14-19(26-27)15-10-12-16(25)13-11-15/h3-13,20,24H,14H2,1-2H3/t20-,24+/m0/s1. The Kier molecular flexibility index (Phi) is 4.75. The van der Waals surface area contributed by atoms with Gasteiger partial charge in [-0.25, -0.2) is 5.01 Å². The van der Waals surface area contributed by atoms with Gasteiger partial charge >= 0.3 is 0 Å². The zero-order valence-electron chi connectivity index (χ0n) is 16.7. The van der Waals surface area contributed by atoms with Crippen LogP contribution in [0.5, 0.6) is 17.2 Å². The van der Waals surface area contributed by atoms with E-state index in [0.717, 1.165) is 34.6 Å². The number of para-hydroxylation sites is 2. The molecule has 5 rings (SSSR count). The number of benzene rings is 3. The number of methoxy groups -OCH3 is 2. The smallest absolute Gasteiger partial charge is 0.217 e.